The van der Waals surface area contributed by atoms with Gasteiger partial charge in [-0.1, -0.05) is 99.5 Å². The summed E-state index contributed by atoms with van der Waals surface area (Å²) in [6, 6.07) is 20.1. The van der Waals surface area contributed by atoms with Crippen LogP contribution in [0.3, 0.4) is 0 Å². The maximum Gasteiger partial charge on any atom is 0.248 e. The van der Waals surface area contributed by atoms with Crippen molar-refractivity contribution in [2.24, 2.45) is 17.8 Å². The number of aromatic hydroxyl groups is 1. The van der Waals surface area contributed by atoms with Crippen LogP contribution in [0.5, 0.6) is 11.5 Å². The van der Waals surface area contributed by atoms with Crippen molar-refractivity contribution in [2.75, 3.05) is 53.5 Å². The third-order valence-corrected chi connectivity index (χ3v) is 17.5. The predicted molar refractivity (Wildman–Crippen MR) is 327 cm³/mol. The highest BCUT2D eigenvalue weighted by atomic mass is 16.5. The number of phenols is 1. The Morgan fingerprint density at radius 2 is 1.22 bits per heavy atom. The topological polar surface area (TPSA) is 342 Å². The smallest absolute Gasteiger partial charge is 0.248 e. The molecule has 15 atom stereocenters. The number of ketones is 2. The van der Waals surface area contributed by atoms with Gasteiger partial charge in [-0.05, 0) is 85.7 Å². The summed E-state index contributed by atoms with van der Waals surface area (Å²) in [5.41, 5.74) is 3.72. The Labute approximate surface area is 519 Å². The second-order valence-corrected chi connectivity index (χ2v) is 24.7. The Kier molecular flexibility index (Phi) is 24.2. The number of ether oxygens (including phenoxy) is 2. The van der Waals surface area contributed by atoms with Crippen LogP contribution in [0.15, 0.2) is 97.1 Å². The van der Waals surface area contributed by atoms with Gasteiger partial charge in [0.2, 0.25) is 29.5 Å². The highest BCUT2D eigenvalue weighted by Gasteiger charge is 2.50. The summed E-state index contributed by atoms with van der Waals surface area (Å²) in [6.45, 7) is 8.64. The molecule has 3 aliphatic heterocycles. The lowest BCUT2D eigenvalue weighted by atomic mass is 9.86. The number of hydrogen-bond acceptors (Lipinski definition) is 17. The number of aliphatic hydroxyl groups excluding tert-OH is 7. The Morgan fingerprint density at radius 3 is 1.79 bits per heavy atom. The highest BCUT2D eigenvalue weighted by molar-refractivity contribution is 6.01. The number of phenolic OH excluding ortho intramolecular Hbond substituents is 1. The maximum atomic E-state index is 14.9. The van der Waals surface area contributed by atoms with Gasteiger partial charge in [0, 0.05) is 49.8 Å². The minimum atomic E-state index is -2.17. The normalized spacial score (nSPS) is 26.7. The molecule has 89 heavy (non-hydrogen) atoms. The van der Waals surface area contributed by atoms with Crippen LogP contribution in [0, 0.1) is 17.8 Å². The minimum Gasteiger partial charge on any atom is -0.508 e. The average molecular weight is 1240 g/mol. The first-order valence-electron chi connectivity index (χ1n) is 30.7. The van der Waals surface area contributed by atoms with E-state index in [9.17, 15) is 74.4 Å². The van der Waals surface area contributed by atoms with E-state index in [0.717, 1.165) is 64.0 Å². The number of rotatable bonds is 20. The lowest BCUT2D eigenvalue weighted by Crippen LogP contribution is -2.61. The molecule has 0 bridgehead atoms. The van der Waals surface area contributed by atoms with Crippen LogP contribution in [0.4, 0.5) is 0 Å². The molecule has 0 radical (unpaired) electrons. The molecule has 3 aliphatic rings. The fraction of sp³-hybridized carbons (Fsp3) is 0.530. The summed E-state index contributed by atoms with van der Waals surface area (Å²) >= 11 is 0. The first-order chi connectivity index (χ1) is 42.2. The molecular weight excluding hydrogens is 1150 g/mol. The largest absolute Gasteiger partial charge is 0.508 e. The molecule has 0 unspecified atom stereocenters. The van der Waals surface area contributed by atoms with Gasteiger partial charge in [-0.2, -0.15) is 0 Å². The van der Waals surface area contributed by atoms with E-state index in [4.69, 9.17) is 9.47 Å². The number of Topliss-reactive ketones (excluding diaryl/α,β-unsaturated/α-hetero) is 2. The van der Waals surface area contributed by atoms with Crippen LogP contribution in [0.2, 0.25) is 0 Å². The van der Waals surface area contributed by atoms with Crippen LogP contribution >= 0.6 is 0 Å². The average Bonchev–Trinajstić information content (AvgIpc) is 4.07. The molecule has 484 valence electrons. The van der Waals surface area contributed by atoms with E-state index in [1.165, 1.54) is 31.2 Å². The lowest BCUT2D eigenvalue weighted by molar-refractivity contribution is -0.889. The Hall–Kier alpha value is -7.19. The van der Waals surface area contributed by atoms with E-state index in [1.54, 1.807) is 31.2 Å². The van der Waals surface area contributed by atoms with Gasteiger partial charge in [0.05, 0.1) is 82.4 Å². The molecule has 23 heteroatoms. The molecule has 7 rings (SSSR count). The van der Waals surface area contributed by atoms with Gasteiger partial charge in [-0.25, -0.2) is 0 Å². The molecule has 4 aromatic rings. The molecule has 4 aromatic carbocycles. The first-order valence-corrected chi connectivity index (χ1v) is 30.7. The Morgan fingerprint density at radius 1 is 0.674 bits per heavy atom. The second-order valence-electron chi connectivity index (χ2n) is 24.7. The van der Waals surface area contributed by atoms with Gasteiger partial charge >= 0.3 is 0 Å². The van der Waals surface area contributed by atoms with E-state index in [0.29, 0.717) is 24.2 Å². The number of benzene rings is 4. The molecule has 0 aromatic heterocycles. The van der Waals surface area contributed by atoms with Gasteiger partial charge in [0.1, 0.15) is 42.3 Å². The van der Waals surface area contributed by atoms with Crippen LogP contribution in [0.25, 0.3) is 22.3 Å². The van der Waals surface area contributed by atoms with Crippen LogP contribution < -0.4 is 20.7 Å². The van der Waals surface area contributed by atoms with Crippen LogP contribution in [-0.2, 0) is 33.5 Å². The zero-order valence-electron chi connectivity index (χ0n) is 51.7. The fourth-order valence-corrected chi connectivity index (χ4v) is 11.5. The van der Waals surface area contributed by atoms with Crippen molar-refractivity contribution in [1.82, 2.24) is 25.8 Å². The van der Waals surface area contributed by atoms with Crippen molar-refractivity contribution >= 4 is 41.1 Å². The maximum absolute atomic E-state index is 14.9. The number of likely N-dealkylation sites (N-methyl/N-ethyl adjacent to an activating group) is 1. The van der Waals surface area contributed by atoms with Crippen molar-refractivity contribution in [3.05, 3.63) is 108 Å². The second kappa shape index (κ2) is 31.0. The van der Waals surface area contributed by atoms with Gasteiger partial charge in [0.25, 0.3) is 0 Å². The number of carbonyl (C=O) groups is 7. The summed E-state index contributed by atoms with van der Waals surface area (Å²) in [5, 5.41) is 98.3. The van der Waals surface area contributed by atoms with Crippen molar-refractivity contribution in [3.8, 4) is 33.8 Å². The van der Waals surface area contributed by atoms with E-state index in [1.807, 2.05) is 69.6 Å². The third kappa shape index (κ3) is 17.6. The lowest BCUT2D eigenvalue weighted by Gasteiger charge is -2.34. The molecule has 0 spiro atoms. The zero-order valence-corrected chi connectivity index (χ0v) is 51.7. The Balaban J connectivity index is 1.24. The van der Waals surface area contributed by atoms with Gasteiger partial charge in [-0.3, -0.25) is 33.6 Å². The molecule has 0 aliphatic carbocycles. The summed E-state index contributed by atoms with van der Waals surface area (Å²) < 4.78 is 12.5. The molecule has 0 saturated carbocycles. The van der Waals surface area contributed by atoms with Crippen LogP contribution in [0.1, 0.15) is 102 Å². The fourth-order valence-electron chi connectivity index (χ4n) is 11.5. The van der Waals surface area contributed by atoms with Crippen molar-refractivity contribution in [1.29, 1.82) is 0 Å². The van der Waals surface area contributed by atoms with Crippen molar-refractivity contribution in [2.45, 2.75) is 153 Å². The van der Waals surface area contributed by atoms with E-state index in [2.05, 4.69) is 22.9 Å². The summed E-state index contributed by atoms with van der Waals surface area (Å²) in [6.07, 6.45) is -13.5. The molecule has 11 N–H and O–H groups in total. The number of amides is 5. The van der Waals surface area contributed by atoms with Gasteiger partial charge in [-0.15, -0.1) is 0 Å². The molecule has 3 heterocycles. The number of aliphatic hydroxyl groups is 7. The summed E-state index contributed by atoms with van der Waals surface area (Å²) in [5.74, 6) is -10.8. The predicted octanol–water partition coefficient (Wildman–Crippen LogP) is 2.37. The number of fused-ring (bicyclic) bond motifs is 2. The van der Waals surface area contributed by atoms with Gasteiger partial charge in [0.15, 0.2) is 17.8 Å². The van der Waals surface area contributed by atoms with Gasteiger partial charge < -0.3 is 80.6 Å². The van der Waals surface area contributed by atoms with E-state index >= 15 is 0 Å². The monoisotopic (exact) mass is 1240 g/mol. The van der Waals surface area contributed by atoms with Crippen LogP contribution in [-0.4, -0.2) is 217 Å². The quantitative estimate of drug-likeness (QED) is 0.0344. The summed E-state index contributed by atoms with van der Waals surface area (Å²) in [7, 11) is 3.82. The highest BCUT2D eigenvalue weighted by Crippen LogP contribution is 2.33. The van der Waals surface area contributed by atoms with Crippen molar-refractivity contribution < 1.29 is 88.4 Å². The first kappa shape index (κ1) is 69.3. The SMILES string of the molecule is CCCCCOc1ccc(-c2ccc(-c3ccc(C(=O)C[C@H]4C[C@@H](O)[C@@H](OCC[N+](C)(C)CC)NC(=O)[C@@H]5[C@@H](O)[C@@H](C)CN5C(=O)[C@H]([C@@H](C)O)NC(=O)[C@H]([C@H](O)[C@@H](O)c5ccc(O)cc5)CC(=O)[C@@H]5C[C@@H](O)CN5C(=O)[C@H]([C@@H](C)O)NC4=O)cc3)cc2)cc1. The summed E-state index contributed by atoms with van der Waals surface area (Å²) in [4.78, 5) is 105. The number of hydrogen-bond donors (Lipinski definition) is 11. The minimum absolute atomic E-state index is 0.0172. The zero-order chi connectivity index (χ0) is 65.0. The number of nitrogens with zero attached hydrogens (tertiary/aromatic N) is 3. The molecule has 3 fully saturated rings. The Bertz CT molecular complexity index is 3050. The molecule has 5 amide bonds. The van der Waals surface area contributed by atoms with Crippen molar-refractivity contribution in [3.63, 3.8) is 0 Å². The van der Waals surface area contributed by atoms with E-state index < -0.39 is 164 Å². The molecule has 23 nitrogen and oxygen atoms in total. The number of unbranched alkanes of at least 4 members (excludes halogenated alkanes) is 2. The number of nitrogens with one attached hydrogen (secondary N) is 3. The van der Waals surface area contributed by atoms with E-state index in [-0.39, 0.29) is 30.0 Å². The number of carbonyl (C=O) groups excluding carboxylic acids is 7. The number of quaternary nitrogens is 1. The third-order valence-electron chi connectivity index (χ3n) is 17.5. The molecule has 3 saturated heterocycles. The molecular formula is C66H89N6O17+. The standard InChI is InChI=1S/C66H88N6O17/c1-8-10-11-29-88-49-26-22-43(23-27-49)41-14-12-40(13-15-41)42-16-18-44(19-17-42)52(77)31-46-32-54(79)64(89-30-28-72(6,7)9-2)69-63(85)57-58(80)37(3)35-71(57)66(87)56(39(5)74)68-62(84)50(60(82)59(81)45-20-24-47(75)25-21-45)34-53(78)51-33-48(76)36-70(51)65(86)55(38(4)73)67-61(46)83/h12-27,37-39,46,48,50-51,54-60,64,73-74,76,79-82H,8-11,28-36H2,1-7H3,(H3-,67,68,69,75,83,84,85)/p+1/t37-,38+,39+,46-,48+,50-,51-,54+,55-,56-,57-,58-,59-,60-,64+/m0/s1.